The smallest absolute Gasteiger partial charge is 0.210 e. The number of hydrogen-bond donors (Lipinski definition) is 1. The minimum atomic E-state index is -1.60. The van der Waals surface area contributed by atoms with Crippen molar-refractivity contribution in [3.63, 3.8) is 0 Å². The molecule has 25 heavy (non-hydrogen) atoms. The standard InChI is InChI=1S/C16H11F4N3OS/c1-8-2-4-9(5-3-8)21-16-23-22-12(25-16)7-24-15-13(19)10(17)6-11(18)14(15)20/h2-6H,7H2,1H3,(H,21,23). The molecule has 0 spiro atoms. The lowest BCUT2D eigenvalue weighted by Crippen LogP contribution is -2.03. The Kier molecular flexibility index (Phi) is 4.84. The normalized spacial score (nSPS) is 10.8. The first-order valence-electron chi connectivity index (χ1n) is 7.06. The van der Waals surface area contributed by atoms with Crippen LogP contribution >= 0.6 is 11.3 Å². The molecule has 0 aliphatic rings. The van der Waals surface area contributed by atoms with E-state index in [1.54, 1.807) is 0 Å². The average Bonchev–Trinajstić information content (AvgIpc) is 3.02. The first-order valence-corrected chi connectivity index (χ1v) is 7.87. The van der Waals surface area contributed by atoms with Gasteiger partial charge in [-0.2, -0.15) is 8.78 Å². The first kappa shape index (κ1) is 17.2. The van der Waals surface area contributed by atoms with E-state index in [1.165, 1.54) is 0 Å². The molecule has 0 amide bonds. The van der Waals surface area contributed by atoms with E-state index in [-0.39, 0.29) is 17.7 Å². The van der Waals surface area contributed by atoms with Crippen molar-refractivity contribution in [1.29, 1.82) is 0 Å². The number of ether oxygens (including phenoxy) is 1. The Morgan fingerprint density at radius 3 is 2.28 bits per heavy atom. The van der Waals surface area contributed by atoms with Crippen molar-refractivity contribution in [2.75, 3.05) is 5.32 Å². The van der Waals surface area contributed by atoms with Gasteiger partial charge in [0.05, 0.1) is 0 Å². The summed E-state index contributed by atoms with van der Waals surface area (Å²) in [5.41, 5.74) is 1.89. The summed E-state index contributed by atoms with van der Waals surface area (Å²) in [5, 5.41) is 11.4. The third-order valence-corrected chi connectivity index (χ3v) is 3.99. The molecule has 1 aromatic heterocycles. The Morgan fingerprint density at radius 1 is 1.00 bits per heavy atom. The molecule has 0 bridgehead atoms. The molecular formula is C16H11F4N3OS. The van der Waals surface area contributed by atoms with E-state index < -0.39 is 29.0 Å². The lowest BCUT2D eigenvalue weighted by Gasteiger charge is -2.07. The van der Waals surface area contributed by atoms with E-state index in [9.17, 15) is 17.6 Å². The van der Waals surface area contributed by atoms with Gasteiger partial charge in [0.15, 0.2) is 22.4 Å². The minimum absolute atomic E-state index is 0.117. The predicted octanol–water partition coefficient (Wildman–Crippen LogP) is 4.73. The van der Waals surface area contributed by atoms with Crippen molar-refractivity contribution in [3.05, 3.63) is 64.2 Å². The largest absolute Gasteiger partial charge is 0.480 e. The van der Waals surface area contributed by atoms with Crippen LogP contribution in [0.4, 0.5) is 28.4 Å². The maximum atomic E-state index is 13.5. The summed E-state index contributed by atoms with van der Waals surface area (Å²) in [4.78, 5) is 0. The average molecular weight is 369 g/mol. The highest BCUT2D eigenvalue weighted by atomic mass is 32.1. The second-order valence-electron chi connectivity index (χ2n) is 5.08. The molecule has 9 heteroatoms. The van der Waals surface area contributed by atoms with Gasteiger partial charge in [0, 0.05) is 11.8 Å². The van der Waals surface area contributed by atoms with Crippen LogP contribution in [0.1, 0.15) is 10.6 Å². The molecule has 0 aliphatic carbocycles. The molecule has 2 aromatic carbocycles. The highest BCUT2D eigenvalue weighted by Gasteiger charge is 2.21. The van der Waals surface area contributed by atoms with Crippen LogP contribution in [0.5, 0.6) is 5.75 Å². The maximum absolute atomic E-state index is 13.5. The number of benzene rings is 2. The van der Waals surface area contributed by atoms with Crippen molar-refractivity contribution in [2.24, 2.45) is 0 Å². The fourth-order valence-electron chi connectivity index (χ4n) is 1.93. The SMILES string of the molecule is Cc1ccc(Nc2nnc(COc3c(F)c(F)cc(F)c3F)s2)cc1. The number of aromatic nitrogens is 2. The molecule has 3 rings (SSSR count). The number of halogens is 4. The zero-order valence-electron chi connectivity index (χ0n) is 12.8. The van der Waals surface area contributed by atoms with Crippen LogP contribution in [0.25, 0.3) is 0 Å². The molecule has 0 atom stereocenters. The number of rotatable bonds is 5. The van der Waals surface area contributed by atoms with Crippen LogP contribution in [0.2, 0.25) is 0 Å². The van der Waals surface area contributed by atoms with Crippen LogP contribution in [-0.4, -0.2) is 10.2 Å². The van der Waals surface area contributed by atoms with E-state index in [0.717, 1.165) is 22.6 Å². The van der Waals surface area contributed by atoms with E-state index in [0.29, 0.717) is 5.13 Å². The number of nitrogens with zero attached hydrogens (tertiary/aromatic N) is 2. The van der Waals surface area contributed by atoms with Gasteiger partial charge in [-0.3, -0.25) is 0 Å². The van der Waals surface area contributed by atoms with Gasteiger partial charge in [-0.15, -0.1) is 10.2 Å². The van der Waals surface area contributed by atoms with E-state index in [4.69, 9.17) is 4.74 Å². The summed E-state index contributed by atoms with van der Waals surface area (Å²) < 4.78 is 58.1. The summed E-state index contributed by atoms with van der Waals surface area (Å²) in [6.45, 7) is 1.57. The van der Waals surface area contributed by atoms with Crippen LogP contribution < -0.4 is 10.1 Å². The van der Waals surface area contributed by atoms with Gasteiger partial charge in [0.2, 0.25) is 16.8 Å². The number of nitrogens with one attached hydrogen (secondary N) is 1. The van der Waals surface area contributed by atoms with Crippen LogP contribution in [0.15, 0.2) is 30.3 Å². The van der Waals surface area contributed by atoms with Gasteiger partial charge in [0.1, 0.15) is 6.61 Å². The second kappa shape index (κ2) is 7.06. The van der Waals surface area contributed by atoms with Crippen molar-refractivity contribution in [2.45, 2.75) is 13.5 Å². The summed E-state index contributed by atoms with van der Waals surface area (Å²) >= 11 is 1.08. The molecule has 0 aliphatic heterocycles. The molecule has 0 saturated heterocycles. The van der Waals surface area contributed by atoms with Crippen molar-refractivity contribution in [3.8, 4) is 5.75 Å². The molecule has 130 valence electrons. The monoisotopic (exact) mass is 369 g/mol. The molecule has 0 saturated carbocycles. The fourth-order valence-corrected chi connectivity index (χ4v) is 2.61. The van der Waals surface area contributed by atoms with Gasteiger partial charge in [-0.1, -0.05) is 29.0 Å². The Morgan fingerprint density at radius 2 is 1.64 bits per heavy atom. The van der Waals surface area contributed by atoms with E-state index in [2.05, 4.69) is 15.5 Å². The lowest BCUT2D eigenvalue weighted by molar-refractivity contribution is 0.260. The summed E-state index contributed by atoms with van der Waals surface area (Å²) in [6, 6.07) is 7.65. The molecule has 0 fully saturated rings. The van der Waals surface area contributed by atoms with Gasteiger partial charge < -0.3 is 10.1 Å². The molecule has 1 N–H and O–H groups in total. The third-order valence-electron chi connectivity index (χ3n) is 3.18. The Hall–Kier alpha value is -2.68. The highest BCUT2D eigenvalue weighted by Crippen LogP contribution is 2.28. The van der Waals surface area contributed by atoms with Crippen LogP contribution in [0.3, 0.4) is 0 Å². The molecule has 4 nitrogen and oxygen atoms in total. The van der Waals surface area contributed by atoms with E-state index >= 15 is 0 Å². The molecule has 1 heterocycles. The second-order valence-corrected chi connectivity index (χ2v) is 6.14. The Balaban J connectivity index is 1.69. The van der Waals surface area contributed by atoms with Gasteiger partial charge >= 0.3 is 0 Å². The minimum Gasteiger partial charge on any atom is -0.480 e. The topological polar surface area (TPSA) is 47.0 Å². The summed E-state index contributed by atoms with van der Waals surface area (Å²) in [7, 11) is 0. The molecule has 3 aromatic rings. The van der Waals surface area contributed by atoms with Gasteiger partial charge in [-0.05, 0) is 19.1 Å². The lowest BCUT2D eigenvalue weighted by atomic mass is 10.2. The van der Waals surface area contributed by atoms with Crippen LogP contribution in [0, 0.1) is 30.2 Å². The summed E-state index contributed by atoms with van der Waals surface area (Å²) in [5.74, 6) is -7.38. The van der Waals surface area contributed by atoms with Crippen LogP contribution in [-0.2, 0) is 6.61 Å². The predicted molar refractivity (Wildman–Crippen MR) is 85.0 cm³/mol. The Bertz CT molecular complexity index is 873. The van der Waals surface area contributed by atoms with Gasteiger partial charge in [-0.25, -0.2) is 8.78 Å². The summed E-state index contributed by atoms with van der Waals surface area (Å²) in [6.07, 6.45) is 0. The maximum Gasteiger partial charge on any atom is 0.210 e. The zero-order valence-corrected chi connectivity index (χ0v) is 13.6. The number of aryl methyl sites for hydroxylation is 1. The number of anilines is 2. The Labute approximate surface area is 144 Å². The number of hydrogen-bond acceptors (Lipinski definition) is 5. The fraction of sp³-hybridized carbons (Fsp3) is 0.125. The molecule has 0 unspecified atom stereocenters. The van der Waals surface area contributed by atoms with Crippen molar-refractivity contribution in [1.82, 2.24) is 10.2 Å². The zero-order chi connectivity index (χ0) is 18.0. The first-order chi connectivity index (χ1) is 11.9. The molecule has 0 radical (unpaired) electrons. The quantitative estimate of drug-likeness (QED) is 0.522. The van der Waals surface area contributed by atoms with E-state index in [1.807, 2.05) is 31.2 Å². The van der Waals surface area contributed by atoms with Gasteiger partial charge in [0.25, 0.3) is 0 Å². The highest BCUT2D eigenvalue weighted by molar-refractivity contribution is 7.15. The van der Waals surface area contributed by atoms with Crippen molar-refractivity contribution >= 4 is 22.2 Å². The molecular weight excluding hydrogens is 358 g/mol. The third kappa shape index (κ3) is 3.87. The van der Waals surface area contributed by atoms with Crippen molar-refractivity contribution < 1.29 is 22.3 Å².